The molecule has 1 amide bonds. The van der Waals surface area contributed by atoms with Crippen molar-refractivity contribution in [1.82, 2.24) is 5.32 Å². The zero-order chi connectivity index (χ0) is 12.4. The first kappa shape index (κ1) is 11.3. The van der Waals surface area contributed by atoms with Gasteiger partial charge in [-0.1, -0.05) is 6.07 Å². The van der Waals surface area contributed by atoms with Crippen LogP contribution in [-0.2, 0) is 0 Å². The Morgan fingerprint density at radius 3 is 2.76 bits per heavy atom. The Hall–Kier alpha value is -2.22. The number of nitriles is 1. The molecule has 17 heavy (non-hydrogen) atoms. The van der Waals surface area contributed by atoms with Crippen LogP contribution in [0.1, 0.15) is 23.2 Å². The van der Waals surface area contributed by atoms with E-state index < -0.39 is 17.7 Å². The summed E-state index contributed by atoms with van der Waals surface area (Å²) in [6, 6.07) is 5.64. The summed E-state index contributed by atoms with van der Waals surface area (Å²) in [5.41, 5.74) is -0.0223. The summed E-state index contributed by atoms with van der Waals surface area (Å²) in [6.45, 7) is 0. The molecule has 0 spiro atoms. The molecule has 88 valence electrons. The molecule has 0 bridgehead atoms. The van der Waals surface area contributed by atoms with Crippen molar-refractivity contribution in [2.45, 2.75) is 18.9 Å². The van der Waals surface area contributed by atoms with Gasteiger partial charge in [-0.05, 0) is 30.9 Å². The minimum absolute atomic E-state index is 0.0223. The van der Waals surface area contributed by atoms with Crippen LogP contribution in [0.2, 0.25) is 0 Å². The summed E-state index contributed by atoms with van der Waals surface area (Å²) < 4.78 is 0. The highest BCUT2D eigenvalue weighted by Crippen LogP contribution is 2.33. The van der Waals surface area contributed by atoms with Crippen molar-refractivity contribution in [2.75, 3.05) is 0 Å². The van der Waals surface area contributed by atoms with Gasteiger partial charge in [-0.3, -0.25) is 4.79 Å². The predicted octanol–water partition coefficient (Wildman–Crippen LogP) is 1.13. The number of carbonyl (C=O) groups is 1. The Labute approximate surface area is 98.3 Å². The number of carbonyl (C=O) groups excluding carboxylic acids is 1. The van der Waals surface area contributed by atoms with E-state index >= 15 is 0 Å². The highest BCUT2D eigenvalue weighted by atomic mass is 16.3. The van der Waals surface area contributed by atoms with Gasteiger partial charge < -0.3 is 15.5 Å². The second kappa shape index (κ2) is 4.34. The van der Waals surface area contributed by atoms with Crippen molar-refractivity contribution in [3.63, 3.8) is 0 Å². The van der Waals surface area contributed by atoms with E-state index in [1.807, 2.05) is 6.07 Å². The van der Waals surface area contributed by atoms with E-state index in [1.54, 1.807) is 0 Å². The van der Waals surface area contributed by atoms with Crippen LogP contribution in [0, 0.1) is 17.2 Å². The molecule has 1 aromatic carbocycles. The number of nitrogens with one attached hydrogen (secondary N) is 1. The minimum atomic E-state index is -0.545. The third kappa shape index (κ3) is 2.31. The number of para-hydroxylation sites is 1. The van der Waals surface area contributed by atoms with E-state index in [1.165, 1.54) is 18.2 Å². The fraction of sp³-hybridized carbons (Fsp3) is 0.333. The van der Waals surface area contributed by atoms with Crippen LogP contribution in [0.4, 0.5) is 0 Å². The molecule has 0 aromatic heterocycles. The second-order valence-corrected chi connectivity index (χ2v) is 4.09. The molecule has 1 atom stereocenters. The van der Waals surface area contributed by atoms with E-state index in [4.69, 9.17) is 5.26 Å². The number of phenolic OH excluding ortho intramolecular Hbond substituents is 2. The van der Waals surface area contributed by atoms with E-state index in [0.29, 0.717) is 0 Å². The number of nitrogens with zero attached hydrogens (tertiary/aromatic N) is 1. The lowest BCUT2D eigenvalue weighted by molar-refractivity contribution is 0.0938. The largest absolute Gasteiger partial charge is 0.504 e. The molecule has 5 heteroatoms. The van der Waals surface area contributed by atoms with Gasteiger partial charge in [0.15, 0.2) is 11.5 Å². The molecule has 1 fully saturated rings. The zero-order valence-corrected chi connectivity index (χ0v) is 9.05. The molecule has 0 saturated heterocycles. The lowest BCUT2D eigenvalue weighted by Crippen LogP contribution is -2.35. The Morgan fingerprint density at radius 1 is 1.47 bits per heavy atom. The van der Waals surface area contributed by atoms with Crippen molar-refractivity contribution in [3.05, 3.63) is 23.8 Å². The van der Waals surface area contributed by atoms with Crippen LogP contribution in [0.5, 0.6) is 11.5 Å². The highest BCUT2D eigenvalue weighted by Gasteiger charge is 2.32. The first-order valence-corrected chi connectivity index (χ1v) is 5.35. The van der Waals surface area contributed by atoms with Crippen molar-refractivity contribution in [3.8, 4) is 17.6 Å². The zero-order valence-electron chi connectivity index (χ0n) is 9.05. The van der Waals surface area contributed by atoms with Gasteiger partial charge in [-0.2, -0.15) is 5.26 Å². The van der Waals surface area contributed by atoms with E-state index in [0.717, 1.165) is 12.8 Å². The van der Waals surface area contributed by atoms with Gasteiger partial charge in [0.25, 0.3) is 5.91 Å². The summed E-state index contributed by atoms with van der Waals surface area (Å²) in [5.74, 6) is -1.14. The molecule has 1 aromatic rings. The average molecular weight is 232 g/mol. The SMILES string of the molecule is N#CC(NC(=O)c1cccc(O)c1O)C1CC1. The fourth-order valence-corrected chi connectivity index (χ4v) is 1.62. The lowest BCUT2D eigenvalue weighted by Gasteiger charge is -2.11. The van der Waals surface area contributed by atoms with E-state index in [9.17, 15) is 15.0 Å². The summed E-state index contributed by atoms with van der Waals surface area (Å²) in [7, 11) is 0. The number of benzene rings is 1. The number of hydrogen-bond donors (Lipinski definition) is 3. The van der Waals surface area contributed by atoms with Gasteiger partial charge in [-0.15, -0.1) is 0 Å². The van der Waals surface area contributed by atoms with Gasteiger partial charge >= 0.3 is 0 Å². The highest BCUT2D eigenvalue weighted by molar-refractivity contribution is 5.97. The van der Waals surface area contributed by atoms with Crippen LogP contribution >= 0.6 is 0 Å². The summed E-state index contributed by atoms with van der Waals surface area (Å²) in [5, 5.41) is 30.2. The molecule has 5 nitrogen and oxygen atoms in total. The predicted molar refractivity (Wildman–Crippen MR) is 59.4 cm³/mol. The first-order chi connectivity index (χ1) is 8.13. The van der Waals surface area contributed by atoms with Crippen molar-refractivity contribution < 1.29 is 15.0 Å². The fourth-order valence-electron chi connectivity index (χ4n) is 1.62. The van der Waals surface area contributed by atoms with Crippen LogP contribution < -0.4 is 5.32 Å². The monoisotopic (exact) mass is 232 g/mol. The maximum absolute atomic E-state index is 11.8. The Bertz CT molecular complexity index is 489. The molecule has 1 unspecified atom stereocenters. The van der Waals surface area contributed by atoms with Gasteiger partial charge in [0.2, 0.25) is 0 Å². The third-order valence-electron chi connectivity index (χ3n) is 2.78. The Kier molecular flexibility index (Phi) is 2.88. The van der Waals surface area contributed by atoms with Crippen LogP contribution in [0.25, 0.3) is 0 Å². The van der Waals surface area contributed by atoms with Crippen molar-refractivity contribution >= 4 is 5.91 Å². The quantitative estimate of drug-likeness (QED) is 0.681. The minimum Gasteiger partial charge on any atom is -0.504 e. The molecule has 0 radical (unpaired) electrons. The Morgan fingerprint density at radius 2 is 2.18 bits per heavy atom. The lowest BCUT2D eigenvalue weighted by atomic mass is 10.1. The molecular formula is C12H12N2O3. The first-order valence-electron chi connectivity index (χ1n) is 5.35. The summed E-state index contributed by atoms with van der Waals surface area (Å²) in [4.78, 5) is 11.8. The molecule has 3 N–H and O–H groups in total. The number of aromatic hydroxyl groups is 2. The van der Waals surface area contributed by atoms with Crippen LogP contribution in [0.15, 0.2) is 18.2 Å². The van der Waals surface area contributed by atoms with Gasteiger partial charge in [0.05, 0.1) is 11.6 Å². The molecule has 1 aliphatic carbocycles. The smallest absolute Gasteiger partial charge is 0.256 e. The molecule has 0 aliphatic heterocycles. The summed E-state index contributed by atoms with van der Waals surface area (Å²) in [6.07, 6.45) is 1.87. The van der Waals surface area contributed by atoms with Crippen LogP contribution in [-0.4, -0.2) is 22.2 Å². The Balaban J connectivity index is 2.14. The topological polar surface area (TPSA) is 93.4 Å². The normalized spacial score (nSPS) is 15.9. The van der Waals surface area contributed by atoms with E-state index in [2.05, 4.69) is 5.32 Å². The van der Waals surface area contributed by atoms with Gasteiger partial charge in [-0.25, -0.2) is 0 Å². The third-order valence-corrected chi connectivity index (χ3v) is 2.78. The van der Waals surface area contributed by atoms with Crippen molar-refractivity contribution in [2.24, 2.45) is 5.92 Å². The van der Waals surface area contributed by atoms with Gasteiger partial charge in [0, 0.05) is 0 Å². The molecule has 2 rings (SSSR count). The number of hydrogen-bond acceptors (Lipinski definition) is 4. The number of amides is 1. The summed E-state index contributed by atoms with van der Waals surface area (Å²) >= 11 is 0. The molecule has 1 saturated carbocycles. The van der Waals surface area contributed by atoms with E-state index in [-0.39, 0.29) is 17.2 Å². The van der Waals surface area contributed by atoms with Gasteiger partial charge in [0.1, 0.15) is 6.04 Å². The molecule has 0 heterocycles. The molecular weight excluding hydrogens is 220 g/mol. The number of phenols is 2. The standard InChI is InChI=1S/C12H12N2O3/c13-6-9(7-4-5-7)14-12(17)8-2-1-3-10(15)11(8)16/h1-3,7,9,15-16H,4-5H2,(H,14,17). The van der Waals surface area contributed by atoms with Crippen LogP contribution in [0.3, 0.4) is 0 Å². The maximum atomic E-state index is 11.8. The maximum Gasteiger partial charge on any atom is 0.256 e. The van der Waals surface area contributed by atoms with Crippen molar-refractivity contribution in [1.29, 1.82) is 5.26 Å². The average Bonchev–Trinajstić information content (AvgIpc) is 3.13. The second-order valence-electron chi connectivity index (χ2n) is 4.09. The number of rotatable bonds is 3. The molecule has 1 aliphatic rings.